The molecule has 29 heavy (non-hydrogen) atoms. The molecule has 4 heterocycles. The summed E-state index contributed by atoms with van der Waals surface area (Å²) < 4.78 is 7.30. The van der Waals surface area contributed by atoms with Gasteiger partial charge in [0.05, 0.1) is 23.3 Å². The van der Waals surface area contributed by atoms with Gasteiger partial charge in [-0.2, -0.15) is 0 Å². The van der Waals surface area contributed by atoms with E-state index in [4.69, 9.17) is 16.6 Å². The molecular weight excluding hydrogens is 408 g/mol. The molecule has 0 aliphatic carbocycles. The second-order valence-corrected chi connectivity index (χ2v) is 8.05. The third-order valence-corrected chi connectivity index (χ3v) is 5.75. The number of thiocarbonyl (C=S) groups is 1. The van der Waals surface area contributed by atoms with Crippen LogP contribution in [0.1, 0.15) is 24.7 Å². The Labute approximate surface area is 176 Å². The highest BCUT2D eigenvalue weighted by Gasteiger charge is 2.31. The molecule has 1 aliphatic heterocycles. The number of fused-ring (bicyclic) bond motifs is 1. The van der Waals surface area contributed by atoms with Gasteiger partial charge >= 0.3 is 0 Å². The van der Waals surface area contributed by atoms with Crippen molar-refractivity contribution in [3.8, 4) is 0 Å². The van der Waals surface area contributed by atoms with Crippen LogP contribution >= 0.6 is 24.0 Å². The van der Waals surface area contributed by atoms with Crippen molar-refractivity contribution in [3.05, 3.63) is 69.4 Å². The molecule has 3 aromatic heterocycles. The van der Waals surface area contributed by atoms with Crippen LogP contribution in [0, 0.1) is 0 Å². The maximum absolute atomic E-state index is 13.1. The fraction of sp³-hybridized carbons (Fsp3) is 0.200. The Hall–Kier alpha value is -2.91. The van der Waals surface area contributed by atoms with Gasteiger partial charge in [0.2, 0.25) is 0 Å². The average molecular weight is 427 g/mol. The van der Waals surface area contributed by atoms with E-state index < -0.39 is 0 Å². The monoisotopic (exact) mass is 426 g/mol. The first-order valence-corrected chi connectivity index (χ1v) is 10.3. The quantitative estimate of drug-likeness (QED) is 0.477. The molecule has 0 atom stereocenters. The molecular formula is C20H18N4O3S2. The molecule has 1 saturated heterocycles. The number of amides is 1. The van der Waals surface area contributed by atoms with Gasteiger partial charge in [0, 0.05) is 12.7 Å². The molecule has 0 bridgehead atoms. The molecule has 0 aromatic carbocycles. The number of pyridine rings is 1. The van der Waals surface area contributed by atoms with Gasteiger partial charge in [-0.1, -0.05) is 37.0 Å². The number of hydrogen-bond donors (Lipinski definition) is 1. The van der Waals surface area contributed by atoms with Crippen LogP contribution in [0.15, 0.2) is 56.9 Å². The zero-order valence-electron chi connectivity index (χ0n) is 15.6. The molecule has 0 unspecified atom stereocenters. The van der Waals surface area contributed by atoms with E-state index in [2.05, 4.69) is 10.3 Å². The maximum Gasteiger partial charge on any atom is 0.267 e. The van der Waals surface area contributed by atoms with Crippen molar-refractivity contribution in [2.45, 2.75) is 19.9 Å². The van der Waals surface area contributed by atoms with E-state index in [1.807, 2.05) is 19.1 Å². The van der Waals surface area contributed by atoms with Crippen LogP contribution in [0.2, 0.25) is 0 Å². The fourth-order valence-corrected chi connectivity index (χ4v) is 4.29. The first kappa shape index (κ1) is 19.4. The molecule has 0 saturated carbocycles. The van der Waals surface area contributed by atoms with Gasteiger partial charge in [-0.25, -0.2) is 4.98 Å². The lowest BCUT2D eigenvalue weighted by Crippen LogP contribution is -2.28. The summed E-state index contributed by atoms with van der Waals surface area (Å²) in [5.41, 5.74) is 0.547. The van der Waals surface area contributed by atoms with Crippen LogP contribution in [-0.4, -0.2) is 31.1 Å². The summed E-state index contributed by atoms with van der Waals surface area (Å²) >= 11 is 6.53. The molecule has 0 spiro atoms. The SMILES string of the molecule is CCCN1C(=O)C(=Cc2c(NCc3ccco3)nc3ccccn3c2=O)SC1=S. The Balaban J connectivity index is 1.78. The topological polar surface area (TPSA) is 79.8 Å². The minimum absolute atomic E-state index is 0.184. The third-order valence-electron chi connectivity index (χ3n) is 4.38. The van der Waals surface area contributed by atoms with E-state index in [0.717, 1.165) is 6.42 Å². The van der Waals surface area contributed by atoms with E-state index >= 15 is 0 Å². The summed E-state index contributed by atoms with van der Waals surface area (Å²) in [5.74, 6) is 0.912. The molecule has 1 N–H and O–H groups in total. The Morgan fingerprint density at radius 1 is 1.28 bits per heavy atom. The largest absolute Gasteiger partial charge is 0.467 e. The predicted molar refractivity (Wildman–Crippen MR) is 118 cm³/mol. The molecule has 0 radical (unpaired) electrons. The van der Waals surface area contributed by atoms with E-state index in [-0.39, 0.29) is 11.5 Å². The van der Waals surface area contributed by atoms with Crippen molar-refractivity contribution in [3.63, 3.8) is 0 Å². The number of carbonyl (C=O) groups excluding carboxylic acids is 1. The lowest BCUT2D eigenvalue weighted by Gasteiger charge is -2.12. The second-order valence-electron chi connectivity index (χ2n) is 6.37. The van der Waals surface area contributed by atoms with Gasteiger partial charge in [0.15, 0.2) is 0 Å². The standard InChI is InChI=1S/C20H18N4O3S2/c1-2-8-24-19(26)15(29-20(24)28)11-14-17(21-12-13-6-5-10-27-13)22-16-7-3-4-9-23(16)18(14)25/h3-7,9-11,21H,2,8,12H2,1H3. The van der Waals surface area contributed by atoms with E-state index in [9.17, 15) is 9.59 Å². The summed E-state index contributed by atoms with van der Waals surface area (Å²) in [6.45, 7) is 2.90. The van der Waals surface area contributed by atoms with Crippen LogP contribution in [0.25, 0.3) is 11.7 Å². The molecule has 7 nitrogen and oxygen atoms in total. The number of furan rings is 1. The second kappa shape index (κ2) is 8.22. The first-order chi connectivity index (χ1) is 14.1. The Morgan fingerprint density at radius 3 is 2.90 bits per heavy atom. The fourth-order valence-electron chi connectivity index (χ4n) is 3.00. The molecule has 1 amide bonds. The van der Waals surface area contributed by atoms with Crippen LogP contribution in [0.3, 0.4) is 0 Å². The van der Waals surface area contributed by atoms with Crippen molar-refractivity contribution in [1.82, 2.24) is 14.3 Å². The smallest absolute Gasteiger partial charge is 0.267 e. The minimum Gasteiger partial charge on any atom is -0.467 e. The number of hydrogen-bond acceptors (Lipinski definition) is 7. The van der Waals surface area contributed by atoms with Gasteiger partial charge in [-0.05, 0) is 36.8 Å². The van der Waals surface area contributed by atoms with Crippen LogP contribution in [-0.2, 0) is 11.3 Å². The van der Waals surface area contributed by atoms with Gasteiger partial charge in [-0.3, -0.25) is 18.9 Å². The number of rotatable bonds is 6. The number of nitrogens with zero attached hydrogens (tertiary/aromatic N) is 3. The van der Waals surface area contributed by atoms with Crippen molar-refractivity contribution in [2.24, 2.45) is 0 Å². The lowest BCUT2D eigenvalue weighted by atomic mass is 10.2. The van der Waals surface area contributed by atoms with Crippen LogP contribution in [0.4, 0.5) is 5.82 Å². The van der Waals surface area contributed by atoms with Gasteiger partial charge in [-0.15, -0.1) is 0 Å². The lowest BCUT2D eigenvalue weighted by molar-refractivity contribution is -0.122. The Bertz CT molecular complexity index is 1170. The molecule has 3 aromatic rings. The third kappa shape index (κ3) is 3.83. The summed E-state index contributed by atoms with van der Waals surface area (Å²) in [7, 11) is 0. The Kier molecular flexibility index (Phi) is 5.50. The number of nitrogens with one attached hydrogen (secondary N) is 1. The summed E-state index contributed by atoms with van der Waals surface area (Å²) in [6.07, 6.45) is 5.62. The molecule has 148 valence electrons. The summed E-state index contributed by atoms with van der Waals surface area (Å²) in [5, 5.41) is 3.16. The predicted octanol–water partition coefficient (Wildman–Crippen LogP) is 3.51. The van der Waals surface area contributed by atoms with Crippen molar-refractivity contribution < 1.29 is 9.21 Å². The molecule has 1 aliphatic rings. The molecule has 4 rings (SSSR count). The number of aromatic nitrogens is 2. The first-order valence-electron chi connectivity index (χ1n) is 9.11. The number of carbonyl (C=O) groups is 1. The number of thioether (sulfide) groups is 1. The highest BCUT2D eigenvalue weighted by atomic mass is 32.2. The Morgan fingerprint density at radius 2 is 2.14 bits per heavy atom. The van der Waals surface area contributed by atoms with E-state index in [1.54, 1.807) is 41.6 Å². The zero-order chi connectivity index (χ0) is 20.4. The van der Waals surface area contributed by atoms with Crippen molar-refractivity contribution >= 4 is 51.7 Å². The van der Waals surface area contributed by atoms with Crippen LogP contribution < -0.4 is 10.9 Å². The highest BCUT2D eigenvalue weighted by molar-refractivity contribution is 8.26. The number of anilines is 1. The molecule has 9 heteroatoms. The van der Waals surface area contributed by atoms with E-state index in [1.165, 1.54) is 16.2 Å². The van der Waals surface area contributed by atoms with Gasteiger partial charge < -0.3 is 9.73 Å². The van der Waals surface area contributed by atoms with E-state index in [0.29, 0.717) is 45.1 Å². The average Bonchev–Trinajstić information content (AvgIpc) is 3.33. The zero-order valence-corrected chi connectivity index (χ0v) is 17.3. The van der Waals surface area contributed by atoms with Gasteiger partial charge in [0.1, 0.15) is 21.5 Å². The van der Waals surface area contributed by atoms with Gasteiger partial charge in [0.25, 0.3) is 11.5 Å². The maximum atomic E-state index is 13.1. The van der Waals surface area contributed by atoms with Crippen molar-refractivity contribution in [2.75, 3.05) is 11.9 Å². The van der Waals surface area contributed by atoms with Crippen molar-refractivity contribution in [1.29, 1.82) is 0 Å². The summed E-state index contributed by atoms with van der Waals surface area (Å²) in [4.78, 5) is 32.4. The van der Waals surface area contributed by atoms with Crippen LogP contribution in [0.5, 0.6) is 0 Å². The normalized spacial score (nSPS) is 15.6. The molecule has 1 fully saturated rings. The summed E-state index contributed by atoms with van der Waals surface area (Å²) in [6, 6.07) is 8.95. The minimum atomic E-state index is -0.265. The highest BCUT2D eigenvalue weighted by Crippen LogP contribution is 2.33.